The van der Waals surface area contributed by atoms with Crippen LogP contribution in [0.4, 0.5) is 0 Å². The molecule has 1 aliphatic carbocycles. The summed E-state index contributed by atoms with van der Waals surface area (Å²) in [6, 6.07) is 5.93. The lowest BCUT2D eigenvalue weighted by Gasteiger charge is -2.18. The van der Waals surface area contributed by atoms with E-state index in [1.54, 1.807) is 0 Å². The highest BCUT2D eigenvalue weighted by molar-refractivity contribution is 5.69. The van der Waals surface area contributed by atoms with E-state index < -0.39 is 5.97 Å². The summed E-state index contributed by atoms with van der Waals surface area (Å²) in [6.45, 7) is 0. The average Bonchev–Trinajstić information content (AvgIpc) is 2.54. The van der Waals surface area contributed by atoms with Crippen LogP contribution in [0.1, 0.15) is 36.0 Å². The van der Waals surface area contributed by atoms with Gasteiger partial charge in [0, 0.05) is 11.5 Å². The van der Waals surface area contributed by atoms with Gasteiger partial charge in [0.15, 0.2) is 0 Å². The first-order valence-electron chi connectivity index (χ1n) is 4.77. The van der Waals surface area contributed by atoms with E-state index in [2.05, 4.69) is 0 Å². The standard InChI is InChI=1S/C11H10O3/c12-10(13)5-6-4-9-7-2-1-3-8(14-9)11(6)7/h1-3,6,9H,4-5H2,(H,12,13). The van der Waals surface area contributed by atoms with Crippen LogP contribution >= 0.6 is 0 Å². The molecule has 3 nitrogen and oxygen atoms in total. The summed E-state index contributed by atoms with van der Waals surface area (Å²) in [5.74, 6) is 0.334. The van der Waals surface area contributed by atoms with E-state index in [0.29, 0.717) is 0 Å². The Morgan fingerprint density at radius 2 is 2.43 bits per heavy atom. The molecule has 1 N–H and O–H groups in total. The maximum Gasteiger partial charge on any atom is 0.303 e. The van der Waals surface area contributed by atoms with Gasteiger partial charge in [0.1, 0.15) is 11.9 Å². The summed E-state index contributed by atoms with van der Waals surface area (Å²) >= 11 is 0. The number of hydrogen-bond donors (Lipinski definition) is 1. The Labute approximate surface area is 81.3 Å². The lowest BCUT2D eigenvalue weighted by atomic mass is 9.96. The number of rotatable bonds is 2. The first kappa shape index (κ1) is 7.85. The fourth-order valence-corrected chi connectivity index (χ4v) is 2.55. The molecule has 2 aliphatic rings. The Balaban J connectivity index is 2.01. The fourth-order valence-electron chi connectivity index (χ4n) is 2.55. The van der Waals surface area contributed by atoms with Crippen molar-refractivity contribution >= 4 is 5.97 Å². The molecule has 1 aliphatic heterocycles. The molecule has 1 aromatic carbocycles. The van der Waals surface area contributed by atoms with Gasteiger partial charge in [0.25, 0.3) is 0 Å². The molecule has 3 heteroatoms. The van der Waals surface area contributed by atoms with Gasteiger partial charge in [-0.15, -0.1) is 0 Å². The van der Waals surface area contributed by atoms with Crippen molar-refractivity contribution in [3.05, 3.63) is 29.3 Å². The van der Waals surface area contributed by atoms with Crippen molar-refractivity contribution in [2.45, 2.75) is 24.9 Å². The number of ether oxygens (including phenoxy) is 1. The highest BCUT2D eigenvalue weighted by atomic mass is 16.5. The molecule has 2 atom stereocenters. The van der Waals surface area contributed by atoms with Gasteiger partial charge in [0.05, 0.1) is 6.42 Å². The predicted molar refractivity (Wildman–Crippen MR) is 49.4 cm³/mol. The monoisotopic (exact) mass is 190 g/mol. The minimum atomic E-state index is -0.724. The number of carbonyl (C=O) groups is 1. The number of carboxylic acid groups (broad SMARTS) is 1. The number of hydrogen-bond acceptors (Lipinski definition) is 2. The number of carboxylic acids is 1. The van der Waals surface area contributed by atoms with Gasteiger partial charge in [-0.1, -0.05) is 12.1 Å². The predicted octanol–water partition coefficient (Wildman–Crippen LogP) is 2.08. The summed E-state index contributed by atoms with van der Waals surface area (Å²) < 4.78 is 5.63. The van der Waals surface area contributed by atoms with E-state index in [1.165, 1.54) is 5.56 Å². The van der Waals surface area contributed by atoms with Crippen LogP contribution in [-0.4, -0.2) is 11.1 Å². The topological polar surface area (TPSA) is 46.5 Å². The summed E-state index contributed by atoms with van der Waals surface area (Å²) in [7, 11) is 0. The maximum absolute atomic E-state index is 10.7. The molecule has 1 heterocycles. The molecule has 4 bridgehead atoms. The molecular formula is C11H10O3. The van der Waals surface area contributed by atoms with Crippen molar-refractivity contribution in [1.29, 1.82) is 0 Å². The second-order valence-electron chi connectivity index (χ2n) is 3.90. The van der Waals surface area contributed by atoms with Crippen LogP contribution in [0.2, 0.25) is 0 Å². The first-order chi connectivity index (χ1) is 6.75. The molecule has 14 heavy (non-hydrogen) atoms. The van der Waals surface area contributed by atoms with Crippen LogP contribution in [0.3, 0.4) is 0 Å². The summed E-state index contributed by atoms with van der Waals surface area (Å²) in [6.07, 6.45) is 1.18. The van der Waals surface area contributed by atoms with E-state index in [-0.39, 0.29) is 18.4 Å². The lowest BCUT2D eigenvalue weighted by Crippen LogP contribution is -2.09. The molecular weight excluding hydrogens is 180 g/mol. The summed E-state index contributed by atoms with van der Waals surface area (Å²) in [5, 5.41) is 8.76. The van der Waals surface area contributed by atoms with Crippen molar-refractivity contribution in [2.24, 2.45) is 0 Å². The van der Waals surface area contributed by atoms with Crippen LogP contribution in [0.5, 0.6) is 5.75 Å². The summed E-state index contributed by atoms with van der Waals surface area (Å²) in [5.41, 5.74) is 2.34. The number of aliphatic carboxylic acids is 1. The largest absolute Gasteiger partial charge is 0.485 e. The van der Waals surface area contributed by atoms with Crippen LogP contribution in [0.25, 0.3) is 0 Å². The Hall–Kier alpha value is -1.51. The summed E-state index contributed by atoms with van der Waals surface area (Å²) in [4.78, 5) is 10.7. The molecule has 0 radical (unpaired) electrons. The molecule has 3 rings (SSSR count). The van der Waals surface area contributed by atoms with E-state index in [4.69, 9.17) is 9.84 Å². The minimum absolute atomic E-state index is 0.124. The zero-order valence-corrected chi connectivity index (χ0v) is 7.56. The van der Waals surface area contributed by atoms with Crippen molar-refractivity contribution in [3.63, 3.8) is 0 Å². The Morgan fingerprint density at radius 1 is 1.57 bits per heavy atom. The van der Waals surface area contributed by atoms with Gasteiger partial charge < -0.3 is 9.84 Å². The zero-order chi connectivity index (χ0) is 9.71. The van der Waals surface area contributed by atoms with Gasteiger partial charge in [-0.05, 0) is 18.1 Å². The lowest BCUT2D eigenvalue weighted by molar-refractivity contribution is -0.137. The molecule has 72 valence electrons. The van der Waals surface area contributed by atoms with E-state index in [9.17, 15) is 4.79 Å². The molecule has 2 unspecified atom stereocenters. The minimum Gasteiger partial charge on any atom is -0.485 e. The Morgan fingerprint density at radius 3 is 3.14 bits per heavy atom. The van der Waals surface area contributed by atoms with Crippen LogP contribution in [0, 0.1) is 0 Å². The SMILES string of the molecule is O=C(O)CC1CC2Oc3cccc2c31. The third kappa shape index (κ3) is 0.895. The third-order valence-corrected chi connectivity index (χ3v) is 3.04. The van der Waals surface area contributed by atoms with Gasteiger partial charge >= 0.3 is 5.97 Å². The van der Waals surface area contributed by atoms with E-state index in [0.717, 1.165) is 17.7 Å². The van der Waals surface area contributed by atoms with Crippen molar-refractivity contribution in [3.8, 4) is 5.75 Å². The number of benzene rings is 1. The Kier molecular flexibility index (Phi) is 1.40. The Bertz CT molecular complexity index is 411. The second-order valence-corrected chi connectivity index (χ2v) is 3.90. The molecule has 1 aromatic rings. The highest BCUT2D eigenvalue weighted by Gasteiger charge is 2.41. The van der Waals surface area contributed by atoms with Crippen molar-refractivity contribution in [2.75, 3.05) is 0 Å². The molecule has 0 spiro atoms. The van der Waals surface area contributed by atoms with E-state index >= 15 is 0 Å². The molecule has 0 saturated heterocycles. The van der Waals surface area contributed by atoms with E-state index in [1.807, 2.05) is 18.2 Å². The van der Waals surface area contributed by atoms with Crippen LogP contribution < -0.4 is 4.74 Å². The molecule has 0 fully saturated rings. The zero-order valence-electron chi connectivity index (χ0n) is 7.56. The first-order valence-corrected chi connectivity index (χ1v) is 4.77. The quantitative estimate of drug-likeness (QED) is 0.776. The van der Waals surface area contributed by atoms with Crippen LogP contribution in [-0.2, 0) is 4.79 Å². The van der Waals surface area contributed by atoms with Gasteiger partial charge in [0.2, 0.25) is 0 Å². The molecule has 0 amide bonds. The van der Waals surface area contributed by atoms with Gasteiger partial charge in [-0.25, -0.2) is 0 Å². The smallest absolute Gasteiger partial charge is 0.303 e. The molecule has 0 aromatic heterocycles. The maximum atomic E-state index is 10.7. The van der Waals surface area contributed by atoms with Crippen molar-refractivity contribution < 1.29 is 14.6 Å². The van der Waals surface area contributed by atoms with Crippen molar-refractivity contribution in [1.82, 2.24) is 0 Å². The average molecular weight is 190 g/mol. The third-order valence-electron chi connectivity index (χ3n) is 3.04. The molecule has 0 saturated carbocycles. The highest BCUT2D eigenvalue weighted by Crippen LogP contribution is 2.54. The second kappa shape index (κ2) is 2.50. The normalized spacial score (nSPS) is 26.3. The van der Waals surface area contributed by atoms with Crippen LogP contribution in [0.15, 0.2) is 18.2 Å². The van der Waals surface area contributed by atoms with Gasteiger partial charge in [-0.2, -0.15) is 0 Å². The fraction of sp³-hybridized carbons (Fsp3) is 0.364. The van der Waals surface area contributed by atoms with Gasteiger partial charge in [-0.3, -0.25) is 4.79 Å².